The molecule has 1 fully saturated rings. The smallest absolute Gasteiger partial charge is 0.222 e. The Morgan fingerprint density at radius 2 is 2.12 bits per heavy atom. The molecular formula is C19H29ClN4O2. The number of likely N-dealkylation sites (tertiary alicyclic amines) is 1. The van der Waals surface area contributed by atoms with Crippen LogP contribution in [0.3, 0.4) is 0 Å². The summed E-state index contributed by atoms with van der Waals surface area (Å²) in [6.45, 7) is 8.76. The Hall–Kier alpha value is -1.95. The predicted octanol–water partition coefficient (Wildman–Crippen LogP) is 2.67. The molecule has 1 aromatic carbocycles. The van der Waals surface area contributed by atoms with Gasteiger partial charge in [0.15, 0.2) is 5.96 Å². The normalized spacial score (nSPS) is 18.5. The number of aliphatic imine (C=N–C) groups is 1. The molecule has 1 saturated heterocycles. The van der Waals surface area contributed by atoms with E-state index in [0.717, 1.165) is 37.8 Å². The van der Waals surface area contributed by atoms with Crippen LogP contribution in [0.5, 0.6) is 5.75 Å². The Bertz CT molecular complexity index is 606. The summed E-state index contributed by atoms with van der Waals surface area (Å²) >= 11 is 5.89. The van der Waals surface area contributed by atoms with E-state index >= 15 is 0 Å². The number of hydrogen-bond acceptors (Lipinski definition) is 3. The molecular weight excluding hydrogens is 352 g/mol. The van der Waals surface area contributed by atoms with Crippen LogP contribution in [0.4, 0.5) is 0 Å². The molecule has 2 N–H and O–H groups in total. The first-order chi connectivity index (χ1) is 12.5. The summed E-state index contributed by atoms with van der Waals surface area (Å²) in [5.74, 6) is 1.75. The van der Waals surface area contributed by atoms with Gasteiger partial charge < -0.3 is 20.3 Å². The van der Waals surface area contributed by atoms with E-state index < -0.39 is 0 Å². The van der Waals surface area contributed by atoms with Gasteiger partial charge in [0.25, 0.3) is 0 Å². The first kappa shape index (κ1) is 20.4. The molecule has 2 unspecified atom stereocenters. The van der Waals surface area contributed by atoms with Crippen molar-refractivity contribution in [3.8, 4) is 5.75 Å². The summed E-state index contributed by atoms with van der Waals surface area (Å²) in [7, 11) is 0. The summed E-state index contributed by atoms with van der Waals surface area (Å²) in [6.07, 6.45) is 1.43. The zero-order valence-corrected chi connectivity index (χ0v) is 16.6. The van der Waals surface area contributed by atoms with E-state index in [2.05, 4.69) is 15.6 Å². The van der Waals surface area contributed by atoms with Gasteiger partial charge in [-0.1, -0.05) is 18.5 Å². The zero-order chi connectivity index (χ0) is 18.9. The zero-order valence-electron chi connectivity index (χ0n) is 15.8. The van der Waals surface area contributed by atoms with E-state index in [0.29, 0.717) is 18.0 Å². The van der Waals surface area contributed by atoms with Crippen LogP contribution < -0.4 is 15.4 Å². The Labute approximate surface area is 161 Å². The molecule has 0 bridgehead atoms. The number of guanidine groups is 1. The molecule has 2 atom stereocenters. The van der Waals surface area contributed by atoms with Crippen molar-refractivity contribution in [3.05, 3.63) is 29.3 Å². The second-order valence-electron chi connectivity index (χ2n) is 6.43. The number of carbonyl (C=O) groups is 1. The fourth-order valence-corrected chi connectivity index (χ4v) is 2.97. The average molecular weight is 381 g/mol. The van der Waals surface area contributed by atoms with Crippen molar-refractivity contribution in [2.24, 2.45) is 4.99 Å². The summed E-state index contributed by atoms with van der Waals surface area (Å²) in [5, 5.41) is 7.37. The molecule has 2 rings (SSSR count). The lowest BCUT2D eigenvalue weighted by Gasteiger charge is -2.19. The Morgan fingerprint density at radius 1 is 1.38 bits per heavy atom. The number of nitrogens with zero attached hydrogens (tertiary/aromatic N) is 2. The number of halogens is 1. The van der Waals surface area contributed by atoms with Crippen LogP contribution in [0.25, 0.3) is 0 Å². The summed E-state index contributed by atoms with van der Waals surface area (Å²) in [5.41, 5.74) is 0. The molecule has 1 aliphatic heterocycles. The standard InChI is InChI=1S/C19H29ClN4O2/c1-4-18(25)24-11-10-16(13-24)23-19(21-5-2)22-12-14(3)26-17-8-6-15(20)7-9-17/h6-9,14,16H,4-5,10-13H2,1-3H3,(H2,21,22,23). The molecule has 7 heteroatoms. The summed E-state index contributed by atoms with van der Waals surface area (Å²) in [4.78, 5) is 18.3. The first-order valence-electron chi connectivity index (χ1n) is 9.26. The predicted molar refractivity (Wildman–Crippen MR) is 106 cm³/mol. The maximum Gasteiger partial charge on any atom is 0.222 e. The summed E-state index contributed by atoms with van der Waals surface area (Å²) in [6, 6.07) is 7.55. The van der Waals surface area contributed by atoms with Crippen molar-refractivity contribution >= 4 is 23.5 Å². The molecule has 1 amide bonds. The van der Waals surface area contributed by atoms with Crippen LogP contribution in [0.15, 0.2) is 29.3 Å². The quantitative estimate of drug-likeness (QED) is 0.563. The van der Waals surface area contributed by atoms with E-state index in [-0.39, 0.29) is 18.1 Å². The topological polar surface area (TPSA) is 66.0 Å². The van der Waals surface area contributed by atoms with E-state index in [9.17, 15) is 4.79 Å². The molecule has 1 aromatic rings. The van der Waals surface area contributed by atoms with Crippen molar-refractivity contribution in [3.63, 3.8) is 0 Å². The maximum atomic E-state index is 11.8. The highest BCUT2D eigenvalue weighted by molar-refractivity contribution is 6.30. The third-order valence-corrected chi connectivity index (χ3v) is 4.44. The van der Waals surface area contributed by atoms with E-state index in [1.165, 1.54) is 0 Å². The molecule has 1 heterocycles. The van der Waals surface area contributed by atoms with Crippen molar-refractivity contribution < 1.29 is 9.53 Å². The second-order valence-corrected chi connectivity index (χ2v) is 6.86. The number of carbonyl (C=O) groups excluding carboxylic acids is 1. The minimum absolute atomic E-state index is 0.0617. The number of nitrogens with one attached hydrogen (secondary N) is 2. The summed E-state index contributed by atoms with van der Waals surface area (Å²) < 4.78 is 5.86. The van der Waals surface area contributed by atoms with Crippen molar-refractivity contribution in [2.45, 2.75) is 45.8 Å². The lowest BCUT2D eigenvalue weighted by Crippen LogP contribution is -2.45. The largest absolute Gasteiger partial charge is 0.489 e. The lowest BCUT2D eigenvalue weighted by atomic mass is 10.3. The van der Waals surface area contributed by atoms with E-state index in [1.807, 2.05) is 49.9 Å². The van der Waals surface area contributed by atoms with Crippen LogP contribution in [0.1, 0.15) is 33.6 Å². The number of amides is 1. The average Bonchev–Trinajstić information content (AvgIpc) is 3.10. The highest BCUT2D eigenvalue weighted by atomic mass is 35.5. The second kappa shape index (κ2) is 10.3. The lowest BCUT2D eigenvalue weighted by molar-refractivity contribution is -0.129. The van der Waals surface area contributed by atoms with Crippen LogP contribution in [-0.2, 0) is 4.79 Å². The van der Waals surface area contributed by atoms with E-state index in [1.54, 1.807) is 0 Å². The SMILES string of the molecule is CCNC(=NCC(C)Oc1ccc(Cl)cc1)NC1CCN(C(=O)CC)C1. The van der Waals surface area contributed by atoms with Gasteiger partial charge in [-0.3, -0.25) is 4.79 Å². The van der Waals surface area contributed by atoms with Gasteiger partial charge in [-0.2, -0.15) is 0 Å². The molecule has 0 aliphatic carbocycles. The molecule has 144 valence electrons. The third-order valence-electron chi connectivity index (χ3n) is 4.19. The van der Waals surface area contributed by atoms with Gasteiger partial charge in [-0.05, 0) is 44.5 Å². The first-order valence-corrected chi connectivity index (χ1v) is 9.64. The molecule has 1 aliphatic rings. The van der Waals surface area contributed by atoms with Gasteiger partial charge in [0.05, 0.1) is 6.54 Å². The van der Waals surface area contributed by atoms with Gasteiger partial charge in [0.2, 0.25) is 5.91 Å². The monoisotopic (exact) mass is 380 g/mol. The Kier molecular flexibility index (Phi) is 8.04. The third kappa shape index (κ3) is 6.41. The molecule has 26 heavy (non-hydrogen) atoms. The van der Waals surface area contributed by atoms with Crippen molar-refractivity contribution in [1.82, 2.24) is 15.5 Å². The highest BCUT2D eigenvalue weighted by Crippen LogP contribution is 2.17. The number of benzene rings is 1. The molecule has 0 aromatic heterocycles. The van der Waals surface area contributed by atoms with Gasteiger partial charge in [0, 0.05) is 37.1 Å². The fourth-order valence-electron chi connectivity index (χ4n) is 2.84. The number of rotatable bonds is 7. The Balaban J connectivity index is 1.85. The molecule has 0 spiro atoms. The van der Waals surface area contributed by atoms with Crippen LogP contribution in [-0.4, -0.2) is 55.1 Å². The Morgan fingerprint density at radius 3 is 2.77 bits per heavy atom. The van der Waals surface area contributed by atoms with Gasteiger partial charge in [-0.25, -0.2) is 4.99 Å². The van der Waals surface area contributed by atoms with Crippen LogP contribution >= 0.6 is 11.6 Å². The number of hydrogen-bond donors (Lipinski definition) is 2. The maximum absolute atomic E-state index is 11.8. The van der Waals surface area contributed by atoms with Crippen molar-refractivity contribution in [2.75, 3.05) is 26.2 Å². The molecule has 0 saturated carbocycles. The molecule has 0 radical (unpaired) electrons. The fraction of sp³-hybridized carbons (Fsp3) is 0.579. The molecule has 6 nitrogen and oxygen atoms in total. The minimum atomic E-state index is -0.0617. The highest BCUT2D eigenvalue weighted by Gasteiger charge is 2.25. The van der Waals surface area contributed by atoms with Crippen LogP contribution in [0.2, 0.25) is 5.02 Å². The number of ether oxygens (including phenoxy) is 1. The van der Waals surface area contributed by atoms with Gasteiger partial charge in [0.1, 0.15) is 11.9 Å². The van der Waals surface area contributed by atoms with Crippen molar-refractivity contribution in [1.29, 1.82) is 0 Å². The van der Waals surface area contributed by atoms with Gasteiger partial charge >= 0.3 is 0 Å². The van der Waals surface area contributed by atoms with Gasteiger partial charge in [-0.15, -0.1) is 0 Å². The minimum Gasteiger partial charge on any atom is -0.489 e. The van der Waals surface area contributed by atoms with E-state index in [4.69, 9.17) is 16.3 Å². The van der Waals surface area contributed by atoms with Crippen LogP contribution in [0, 0.1) is 0 Å².